The molecule has 0 aliphatic carbocycles. The van der Waals surface area contributed by atoms with Gasteiger partial charge in [0.15, 0.2) is 11.5 Å². The lowest BCUT2D eigenvalue weighted by atomic mass is 10.1. The molecule has 3 aliphatic heterocycles. The van der Waals surface area contributed by atoms with Gasteiger partial charge in [-0.3, -0.25) is 9.69 Å². The number of aryl methyl sites for hydroxylation is 1. The highest BCUT2D eigenvalue weighted by Gasteiger charge is 2.45. The van der Waals surface area contributed by atoms with Gasteiger partial charge < -0.3 is 18.9 Å². The highest BCUT2D eigenvalue weighted by Crippen LogP contribution is 2.37. The Morgan fingerprint density at radius 2 is 2.00 bits per heavy atom. The normalized spacial score (nSPS) is 22.4. The predicted octanol–water partition coefficient (Wildman–Crippen LogP) is 3.06. The molecule has 1 aromatic carbocycles. The standard InChI is InChI=1S/C22H22N4O3S/c1-14-23-16(12-30-14)9-26-19-11-24(8-15-4-5-20-21(7-15)29-13-28-20)10-18(19)25-6-2-3-17(25)22(26)27/h2-7,12,18-19H,8-11,13H2,1H3/t18-,19-/m1/s1. The summed E-state index contributed by atoms with van der Waals surface area (Å²) >= 11 is 1.63. The van der Waals surface area contributed by atoms with E-state index < -0.39 is 0 Å². The Bertz CT molecular complexity index is 1120. The molecular formula is C22H22N4O3S. The van der Waals surface area contributed by atoms with Crippen LogP contribution in [0.4, 0.5) is 0 Å². The van der Waals surface area contributed by atoms with E-state index in [1.54, 1.807) is 11.3 Å². The second-order valence-corrected chi connectivity index (χ2v) is 9.17. The predicted molar refractivity (Wildman–Crippen MR) is 112 cm³/mol. The molecule has 2 atom stereocenters. The summed E-state index contributed by atoms with van der Waals surface area (Å²) in [6, 6.07) is 10.4. The SMILES string of the molecule is Cc1nc(CN2C(=O)c3cccn3[C@@H]3CN(Cc4ccc5c(c4)OCO5)C[C@H]32)cs1. The van der Waals surface area contributed by atoms with E-state index >= 15 is 0 Å². The number of carbonyl (C=O) groups is 1. The van der Waals surface area contributed by atoms with E-state index in [0.29, 0.717) is 6.54 Å². The Labute approximate surface area is 178 Å². The molecule has 2 aromatic heterocycles. The maximum atomic E-state index is 13.3. The van der Waals surface area contributed by atoms with Crippen LogP contribution in [0.5, 0.6) is 11.5 Å². The first-order valence-corrected chi connectivity index (χ1v) is 11.0. The number of fused-ring (bicyclic) bond motifs is 4. The number of carbonyl (C=O) groups excluding carboxylic acids is 1. The van der Waals surface area contributed by atoms with Crippen molar-refractivity contribution in [1.29, 1.82) is 0 Å². The minimum atomic E-state index is 0.0943. The number of aromatic nitrogens is 2. The van der Waals surface area contributed by atoms with Gasteiger partial charge in [0.2, 0.25) is 6.79 Å². The lowest BCUT2D eigenvalue weighted by Crippen LogP contribution is -2.49. The van der Waals surface area contributed by atoms with Crippen LogP contribution < -0.4 is 9.47 Å². The van der Waals surface area contributed by atoms with Crippen molar-refractivity contribution in [2.75, 3.05) is 19.9 Å². The lowest BCUT2D eigenvalue weighted by molar-refractivity contribution is 0.0553. The zero-order valence-corrected chi connectivity index (χ0v) is 17.5. The van der Waals surface area contributed by atoms with Gasteiger partial charge in [0.25, 0.3) is 5.91 Å². The van der Waals surface area contributed by atoms with Crippen molar-refractivity contribution in [3.05, 3.63) is 63.9 Å². The topological polar surface area (TPSA) is 59.8 Å². The van der Waals surface area contributed by atoms with Gasteiger partial charge in [-0.25, -0.2) is 4.98 Å². The van der Waals surface area contributed by atoms with Crippen LogP contribution in [0.25, 0.3) is 0 Å². The van der Waals surface area contributed by atoms with E-state index in [1.807, 2.05) is 36.2 Å². The van der Waals surface area contributed by atoms with E-state index in [1.165, 1.54) is 5.56 Å². The third-order valence-electron chi connectivity index (χ3n) is 6.19. The maximum absolute atomic E-state index is 13.3. The van der Waals surface area contributed by atoms with Crippen LogP contribution in [0.2, 0.25) is 0 Å². The Kier molecular flexibility index (Phi) is 4.10. The molecule has 5 heterocycles. The van der Waals surface area contributed by atoms with Crippen LogP contribution in [0.15, 0.2) is 41.9 Å². The van der Waals surface area contributed by atoms with Gasteiger partial charge in [0.05, 0.1) is 29.3 Å². The molecule has 8 heteroatoms. The smallest absolute Gasteiger partial charge is 0.271 e. The minimum absolute atomic E-state index is 0.0943. The van der Waals surface area contributed by atoms with Crippen molar-refractivity contribution in [3.8, 4) is 11.5 Å². The summed E-state index contributed by atoms with van der Waals surface area (Å²) in [6.45, 7) is 5.41. The van der Waals surface area contributed by atoms with Gasteiger partial charge in [-0.2, -0.15) is 0 Å². The number of rotatable bonds is 4. The third-order valence-corrected chi connectivity index (χ3v) is 7.02. The molecule has 1 saturated heterocycles. The molecule has 30 heavy (non-hydrogen) atoms. The van der Waals surface area contributed by atoms with Gasteiger partial charge in [0.1, 0.15) is 5.69 Å². The monoisotopic (exact) mass is 422 g/mol. The first kappa shape index (κ1) is 18.0. The Morgan fingerprint density at radius 1 is 1.13 bits per heavy atom. The first-order valence-electron chi connectivity index (χ1n) is 10.2. The van der Waals surface area contributed by atoms with E-state index in [-0.39, 0.29) is 24.8 Å². The molecule has 0 radical (unpaired) electrons. The van der Waals surface area contributed by atoms with Crippen LogP contribution in [0, 0.1) is 6.92 Å². The number of benzene rings is 1. The number of hydrogen-bond donors (Lipinski definition) is 0. The molecule has 0 saturated carbocycles. The number of nitrogens with zero attached hydrogens (tertiary/aromatic N) is 4. The van der Waals surface area contributed by atoms with Gasteiger partial charge in [-0.1, -0.05) is 6.07 Å². The van der Waals surface area contributed by atoms with E-state index in [4.69, 9.17) is 9.47 Å². The summed E-state index contributed by atoms with van der Waals surface area (Å²) in [5, 5.41) is 3.09. The average molecular weight is 423 g/mol. The molecule has 0 N–H and O–H groups in total. The second-order valence-electron chi connectivity index (χ2n) is 8.11. The summed E-state index contributed by atoms with van der Waals surface area (Å²) in [6.07, 6.45) is 2.04. The quantitative estimate of drug-likeness (QED) is 0.647. The van der Waals surface area contributed by atoms with E-state index in [9.17, 15) is 4.79 Å². The van der Waals surface area contributed by atoms with Gasteiger partial charge >= 0.3 is 0 Å². The second kappa shape index (κ2) is 6.85. The molecule has 3 aromatic rings. The number of hydrogen-bond acceptors (Lipinski definition) is 6. The summed E-state index contributed by atoms with van der Waals surface area (Å²) < 4.78 is 13.1. The summed E-state index contributed by atoms with van der Waals surface area (Å²) in [5.41, 5.74) is 2.94. The lowest BCUT2D eigenvalue weighted by Gasteiger charge is -2.38. The van der Waals surface area contributed by atoms with Gasteiger partial charge in [0, 0.05) is 31.2 Å². The number of likely N-dealkylation sites (tertiary alicyclic amines) is 1. The number of thiazole rings is 1. The van der Waals surface area contributed by atoms with Crippen molar-refractivity contribution in [3.63, 3.8) is 0 Å². The Hall–Kier alpha value is -2.84. The first-order chi connectivity index (χ1) is 14.7. The highest BCUT2D eigenvalue weighted by atomic mass is 32.1. The molecule has 6 rings (SSSR count). The highest BCUT2D eigenvalue weighted by molar-refractivity contribution is 7.09. The maximum Gasteiger partial charge on any atom is 0.271 e. The van der Waals surface area contributed by atoms with Crippen LogP contribution in [-0.2, 0) is 13.1 Å². The van der Waals surface area contributed by atoms with Crippen molar-refractivity contribution < 1.29 is 14.3 Å². The summed E-state index contributed by atoms with van der Waals surface area (Å²) in [7, 11) is 0. The molecular weight excluding hydrogens is 400 g/mol. The molecule has 0 spiro atoms. The summed E-state index contributed by atoms with van der Waals surface area (Å²) in [4.78, 5) is 22.3. The Morgan fingerprint density at radius 3 is 2.87 bits per heavy atom. The van der Waals surface area contributed by atoms with Crippen molar-refractivity contribution >= 4 is 17.2 Å². The molecule has 0 unspecified atom stereocenters. The molecule has 154 valence electrons. The third kappa shape index (κ3) is 2.90. The van der Waals surface area contributed by atoms with Crippen LogP contribution >= 0.6 is 11.3 Å². The largest absolute Gasteiger partial charge is 0.454 e. The Balaban J connectivity index is 1.27. The van der Waals surface area contributed by atoms with Gasteiger partial charge in [-0.15, -0.1) is 11.3 Å². The van der Waals surface area contributed by atoms with Crippen molar-refractivity contribution in [2.45, 2.75) is 32.1 Å². The zero-order chi connectivity index (χ0) is 20.2. The van der Waals surface area contributed by atoms with Crippen molar-refractivity contribution in [2.24, 2.45) is 0 Å². The fraction of sp³-hybridized carbons (Fsp3) is 0.364. The van der Waals surface area contributed by atoms with Crippen LogP contribution in [0.1, 0.15) is 32.8 Å². The fourth-order valence-electron chi connectivity index (χ4n) is 4.86. The minimum Gasteiger partial charge on any atom is -0.454 e. The van der Waals surface area contributed by atoms with E-state index in [2.05, 4.69) is 32.0 Å². The zero-order valence-electron chi connectivity index (χ0n) is 16.7. The van der Waals surface area contributed by atoms with Gasteiger partial charge in [-0.05, 0) is 36.8 Å². The summed E-state index contributed by atoms with van der Waals surface area (Å²) in [5.74, 6) is 1.71. The average Bonchev–Trinajstić information content (AvgIpc) is 3.51. The van der Waals surface area contributed by atoms with Crippen molar-refractivity contribution in [1.82, 2.24) is 19.4 Å². The fourth-order valence-corrected chi connectivity index (χ4v) is 5.46. The van der Waals surface area contributed by atoms with E-state index in [0.717, 1.165) is 47.5 Å². The molecule has 3 aliphatic rings. The number of amides is 1. The number of ether oxygens (including phenoxy) is 2. The molecule has 7 nitrogen and oxygen atoms in total. The molecule has 1 amide bonds. The molecule has 1 fully saturated rings. The van der Waals surface area contributed by atoms with Crippen LogP contribution in [-0.4, -0.2) is 51.2 Å². The van der Waals surface area contributed by atoms with Crippen LogP contribution in [0.3, 0.4) is 0 Å². The molecule has 0 bridgehead atoms.